The molecule has 0 aliphatic carbocycles. The lowest BCUT2D eigenvalue weighted by Crippen LogP contribution is -2.41. The second-order valence-corrected chi connectivity index (χ2v) is 6.14. The van der Waals surface area contributed by atoms with Crippen LogP contribution in [0.15, 0.2) is 40.9 Å². The topological polar surface area (TPSA) is 67.4 Å². The molecule has 0 radical (unpaired) electrons. The molecule has 0 spiro atoms. The Kier molecular flexibility index (Phi) is 5.87. The van der Waals surface area contributed by atoms with Crippen molar-refractivity contribution in [1.82, 2.24) is 10.9 Å². The summed E-state index contributed by atoms with van der Waals surface area (Å²) in [5, 5.41) is 0.694. The fraction of sp³-hybridized carbons (Fsp3) is 0.0667. The van der Waals surface area contributed by atoms with E-state index in [2.05, 4.69) is 26.8 Å². The maximum absolute atomic E-state index is 12.1. The van der Waals surface area contributed by atoms with Crippen molar-refractivity contribution < 1.29 is 14.3 Å². The van der Waals surface area contributed by atoms with Crippen LogP contribution in [0.5, 0.6) is 5.75 Å². The van der Waals surface area contributed by atoms with E-state index < -0.39 is 11.8 Å². The Morgan fingerprint density at radius 2 is 1.61 bits per heavy atom. The Bertz CT molecular complexity index is 768. The monoisotopic (exact) mass is 416 g/mol. The number of carbonyl (C=O) groups is 2. The van der Waals surface area contributed by atoms with E-state index in [1.807, 2.05) is 0 Å². The largest absolute Gasteiger partial charge is 0.496 e. The first kappa shape index (κ1) is 17.6. The Balaban J connectivity index is 2.08. The first-order chi connectivity index (χ1) is 10.9. The second kappa shape index (κ2) is 7.68. The van der Waals surface area contributed by atoms with Crippen molar-refractivity contribution in [2.45, 2.75) is 0 Å². The summed E-state index contributed by atoms with van der Waals surface area (Å²) in [6.45, 7) is 0. The van der Waals surface area contributed by atoms with Gasteiger partial charge in [0, 0.05) is 9.50 Å². The van der Waals surface area contributed by atoms with Gasteiger partial charge in [-0.2, -0.15) is 0 Å². The molecule has 2 N–H and O–H groups in total. The summed E-state index contributed by atoms with van der Waals surface area (Å²) < 4.78 is 5.83. The molecule has 0 atom stereocenters. The predicted molar refractivity (Wildman–Crippen MR) is 92.1 cm³/mol. The van der Waals surface area contributed by atoms with Gasteiger partial charge in [0.15, 0.2) is 0 Å². The fourth-order valence-corrected chi connectivity index (χ4v) is 2.70. The van der Waals surface area contributed by atoms with Crippen LogP contribution in [0.3, 0.4) is 0 Å². The number of hydrogen-bond acceptors (Lipinski definition) is 3. The van der Waals surface area contributed by atoms with Gasteiger partial charge >= 0.3 is 0 Å². The highest BCUT2D eigenvalue weighted by atomic mass is 79.9. The summed E-state index contributed by atoms with van der Waals surface area (Å²) in [6, 6.07) is 9.34. The molecule has 2 aromatic carbocycles. The molecule has 120 valence electrons. The maximum Gasteiger partial charge on any atom is 0.273 e. The second-order valence-electron chi connectivity index (χ2n) is 4.38. The van der Waals surface area contributed by atoms with Gasteiger partial charge in [0.1, 0.15) is 5.75 Å². The third kappa shape index (κ3) is 4.37. The zero-order chi connectivity index (χ0) is 17.0. The standard InChI is InChI=1S/C15H11BrCl2N2O3/c1-23-13-7-9(17)3-5-11(13)15(22)20-19-14(21)10-4-2-8(16)6-12(10)18/h2-7H,1H3,(H,19,21)(H,20,22). The van der Waals surface area contributed by atoms with Crippen LogP contribution in [0.2, 0.25) is 10.0 Å². The maximum atomic E-state index is 12.1. The van der Waals surface area contributed by atoms with Crippen LogP contribution in [-0.2, 0) is 0 Å². The van der Waals surface area contributed by atoms with Gasteiger partial charge in [0.2, 0.25) is 0 Å². The van der Waals surface area contributed by atoms with Crippen LogP contribution in [0.25, 0.3) is 0 Å². The minimum atomic E-state index is -0.542. The van der Waals surface area contributed by atoms with Gasteiger partial charge in [-0.15, -0.1) is 0 Å². The molecule has 2 rings (SSSR count). The van der Waals surface area contributed by atoms with Crippen LogP contribution in [0, 0.1) is 0 Å². The molecule has 0 saturated carbocycles. The number of halogens is 3. The molecule has 0 bridgehead atoms. The summed E-state index contributed by atoms with van der Waals surface area (Å²) in [4.78, 5) is 24.2. The van der Waals surface area contributed by atoms with Gasteiger partial charge in [-0.1, -0.05) is 39.1 Å². The van der Waals surface area contributed by atoms with E-state index >= 15 is 0 Å². The molecule has 5 nitrogen and oxygen atoms in total. The number of hydrazine groups is 1. The Morgan fingerprint density at radius 3 is 2.22 bits per heavy atom. The number of nitrogens with one attached hydrogen (secondary N) is 2. The summed E-state index contributed by atoms with van der Waals surface area (Å²) in [6.07, 6.45) is 0. The highest BCUT2D eigenvalue weighted by Gasteiger charge is 2.15. The van der Waals surface area contributed by atoms with Crippen LogP contribution in [-0.4, -0.2) is 18.9 Å². The lowest BCUT2D eigenvalue weighted by molar-refractivity contribution is 0.0845. The predicted octanol–water partition coefficient (Wildman–Crippen LogP) is 3.84. The summed E-state index contributed by atoms with van der Waals surface area (Å²) in [5.74, 6) is -0.783. The quantitative estimate of drug-likeness (QED) is 0.745. The molecule has 8 heteroatoms. The van der Waals surface area contributed by atoms with Crippen molar-refractivity contribution in [3.05, 3.63) is 62.0 Å². The first-order valence-corrected chi connectivity index (χ1v) is 7.86. The highest BCUT2D eigenvalue weighted by molar-refractivity contribution is 9.10. The van der Waals surface area contributed by atoms with Gasteiger partial charge in [-0.3, -0.25) is 20.4 Å². The molecule has 23 heavy (non-hydrogen) atoms. The van der Waals surface area contributed by atoms with Crippen LogP contribution in [0.1, 0.15) is 20.7 Å². The lowest BCUT2D eigenvalue weighted by Gasteiger charge is -2.11. The van der Waals surface area contributed by atoms with Gasteiger partial charge in [0.05, 0.1) is 23.3 Å². The number of ether oxygens (including phenoxy) is 1. The lowest BCUT2D eigenvalue weighted by atomic mass is 10.2. The van der Waals surface area contributed by atoms with E-state index in [0.29, 0.717) is 10.8 Å². The third-order valence-electron chi connectivity index (χ3n) is 2.87. The van der Waals surface area contributed by atoms with E-state index in [0.717, 1.165) is 4.47 Å². The number of amides is 2. The van der Waals surface area contributed by atoms with Crippen molar-refractivity contribution in [2.75, 3.05) is 7.11 Å². The number of methoxy groups -OCH3 is 1. The van der Waals surface area contributed by atoms with E-state index in [1.165, 1.54) is 25.3 Å². The molecule has 0 saturated heterocycles. The van der Waals surface area contributed by atoms with Crippen LogP contribution < -0.4 is 15.6 Å². The summed E-state index contributed by atoms with van der Waals surface area (Å²) in [7, 11) is 1.42. The van der Waals surface area contributed by atoms with Crippen molar-refractivity contribution in [1.29, 1.82) is 0 Å². The van der Waals surface area contributed by atoms with Gasteiger partial charge in [-0.05, 0) is 36.4 Å². The molecule has 2 amide bonds. The smallest absolute Gasteiger partial charge is 0.273 e. The van der Waals surface area contributed by atoms with Gasteiger partial charge in [-0.25, -0.2) is 0 Å². The molecule has 2 aromatic rings. The van der Waals surface area contributed by atoms with Crippen LogP contribution >= 0.6 is 39.1 Å². The minimum absolute atomic E-state index is 0.234. The number of rotatable bonds is 3. The molecule has 0 aliphatic rings. The molecule has 0 heterocycles. The van der Waals surface area contributed by atoms with Crippen molar-refractivity contribution in [2.24, 2.45) is 0 Å². The van der Waals surface area contributed by atoms with Crippen LogP contribution in [0.4, 0.5) is 0 Å². The van der Waals surface area contributed by atoms with Crippen molar-refractivity contribution in [3.8, 4) is 5.75 Å². The van der Waals surface area contributed by atoms with E-state index in [-0.39, 0.29) is 16.1 Å². The molecule has 0 aliphatic heterocycles. The van der Waals surface area contributed by atoms with E-state index in [9.17, 15) is 9.59 Å². The average Bonchev–Trinajstić information content (AvgIpc) is 2.52. The molecule has 0 unspecified atom stereocenters. The van der Waals surface area contributed by atoms with Crippen molar-refractivity contribution in [3.63, 3.8) is 0 Å². The number of hydrogen-bond donors (Lipinski definition) is 2. The highest BCUT2D eigenvalue weighted by Crippen LogP contribution is 2.23. The molecular weight excluding hydrogens is 407 g/mol. The Hall–Kier alpha value is -1.76. The fourth-order valence-electron chi connectivity index (χ4n) is 1.77. The Morgan fingerprint density at radius 1 is 1.00 bits per heavy atom. The third-order valence-corrected chi connectivity index (χ3v) is 3.91. The summed E-state index contributed by atoms with van der Waals surface area (Å²) >= 11 is 15.1. The molecule has 0 fully saturated rings. The zero-order valence-corrected chi connectivity index (χ0v) is 14.9. The number of carbonyl (C=O) groups excluding carboxylic acids is 2. The normalized spacial score (nSPS) is 10.1. The van der Waals surface area contributed by atoms with Gasteiger partial charge in [0.25, 0.3) is 11.8 Å². The molecule has 0 aromatic heterocycles. The van der Waals surface area contributed by atoms with Crippen molar-refractivity contribution >= 4 is 50.9 Å². The zero-order valence-electron chi connectivity index (χ0n) is 11.8. The Labute approximate surface area is 151 Å². The van der Waals surface area contributed by atoms with E-state index in [1.54, 1.807) is 18.2 Å². The van der Waals surface area contributed by atoms with Gasteiger partial charge < -0.3 is 4.74 Å². The van der Waals surface area contributed by atoms with E-state index in [4.69, 9.17) is 27.9 Å². The average molecular weight is 418 g/mol. The summed E-state index contributed by atoms with van der Waals surface area (Å²) in [5.41, 5.74) is 5.07. The minimum Gasteiger partial charge on any atom is -0.496 e. The first-order valence-electron chi connectivity index (χ1n) is 6.31. The molecular formula is C15H11BrCl2N2O3. The number of benzene rings is 2. The SMILES string of the molecule is COc1cc(Cl)ccc1C(=O)NNC(=O)c1ccc(Br)cc1Cl.